The first kappa shape index (κ1) is 19.5. The molecule has 2 N–H and O–H groups in total. The molecule has 0 fully saturated rings. The highest BCUT2D eigenvalue weighted by Crippen LogP contribution is 2.14. The van der Waals surface area contributed by atoms with Gasteiger partial charge in [0, 0.05) is 25.1 Å². The summed E-state index contributed by atoms with van der Waals surface area (Å²) in [6.07, 6.45) is 0.678. The van der Waals surface area contributed by atoms with Crippen LogP contribution in [0.3, 0.4) is 0 Å². The number of aromatic nitrogens is 4. The molecule has 8 heteroatoms. The number of halogens is 1. The zero-order valence-electron chi connectivity index (χ0n) is 16.5. The number of nitrogens with one attached hydrogen (secondary N) is 2. The van der Waals surface area contributed by atoms with Crippen molar-refractivity contribution in [2.45, 2.75) is 26.3 Å². The third-order valence-corrected chi connectivity index (χ3v) is 4.71. The standard InChI is InChI=1S/C22H21FN6O/c1-15-4-2-3-5-18(15)25-22(30)13-12-21-27-26-20-11-10-19(28-29(20)21)24-14-16-6-8-17(23)9-7-16/h2-11H,12-14H2,1H3,(H,24,28)(H,25,30). The summed E-state index contributed by atoms with van der Waals surface area (Å²) in [7, 11) is 0. The fourth-order valence-electron chi connectivity index (χ4n) is 3.03. The van der Waals surface area contributed by atoms with Gasteiger partial charge in [-0.25, -0.2) is 4.39 Å². The molecule has 152 valence electrons. The number of hydrogen-bond acceptors (Lipinski definition) is 5. The predicted molar refractivity (Wildman–Crippen MR) is 113 cm³/mol. The highest BCUT2D eigenvalue weighted by Gasteiger charge is 2.11. The second-order valence-electron chi connectivity index (χ2n) is 6.95. The first-order valence-electron chi connectivity index (χ1n) is 9.63. The molecule has 1 amide bonds. The Bertz CT molecular complexity index is 1170. The molecule has 30 heavy (non-hydrogen) atoms. The van der Waals surface area contributed by atoms with E-state index in [-0.39, 0.29) is 18.1 Å². The van der Waals surface area contributed by atoms with Crippen LogP contribution in [0.25, 0.3) is 5.65 Å². The number of benzene rings is 2. The Kier molecular flexibility index (Phi) is 5.65. The lowest BCUT2D eigenvalue weighted by atomic mass is 10.2. The van der Waals surface area contributed by atoms with Crippen molar-refractivity contribution in [1.29, 1.82) is 0 Å². The molecule has 0 atom stereocenters. The number of nitrogens with zero attached hydrogens (tertiary/aromatic N) is 4. The van der Waals surface area contributed by atoms with Crippen LogP contribution >= 0.6 is 0 Å². The third-order valence-electron chi connectivity index (χ3n) is 4.71. The number of para-hydroxylation sites is 1. The molecule has 0 bridgehead atoms. The summed E-state index contributed by atoms with van der Waals surface area (Å²) in [4.78, 5) is 12.3. The normalized spacial score (nSPS) is 10.9. The number of carbonyl (C=O) groups is 1. The van der Waals surface area contributed by atoms with E-state index in [0.29, 0.717) is 30.3 Å². The molecule has 0 aliphatic heterocycles. The Morgan fingerprint density at radius 2 is 1.83 bits per heavy atom. The van der Waals surface area contributed by atoms with E-state index >= 15 is 0 Å². The van der Waals surface area contributed by atoms with E-state index in [4.69, 9.17) is 0 Å². The number of hydrogen-bond donors (Lipinski definition) is 2. The number of aryl methyl sites for hydroxylation is 2. The molecule has 0 spiro atoms. The van der Waals surface area contributed by atoms with Gasteiger partial charge in [-0.1, -0.05) is 30.3 Å². The van der Waals surface area contributed by atoms with Crippen LogP contribution in [0.4, 0.5) is 15.9 Å². The van der Waals surface area contributed by atoms with Crippen LogP contribution in [0.1, 0.15) is 23.4 Å². The number of carbonyl (C=O) groups excluding carboxylic acids is 1. The second-order valence-corrected chi connectivity index (χ2v) is 6.95. The predicted octanol–water partition coefficient (Wildman–Crippen LogP) is 3.76. The van der Waals surface area contributed by atoms with Gasteiger partial charge in [-0.05, 0) is 48.4 Å². The minimum Gasteiger partial charge on any atom is -0.365 e. The van der Waals surface area contributed by atoms with Gasteiger partial charge in [0.25, 0.3) is 0 Å². The maximum absolute atomic E-state index is 13.0. The SMILES string of the molecule is Cc1ccccc1NC(=O)CCc1nnc2ccc(NCc3ccc(F)cc3)nn12. The largest absolute Gasteiger partial charge is 0.365 e. The average molecular weight is 404 g/mol. The maximum Gasteiger partial charge on any atom is 0.224 e. The fraction of sp³-hybridized carbons (Fsp3) is 0.182. The molecule has 0 aliphatic rings. The quantitative estimate of drug-likeness (QED) is 0.490. The van der Waals surface area contributed by atoms with E-state index < -0.39 is 0 Å². The third kappa shape index (κ3) is 4.60. The van der Waals surface area contributed by atoms with Crippen LogP contribution in [0.15, 0.2) is 60.7 Å². The van der Waals surface area contributed by atoms with Crippen molar-refractivity contribution in [3.05, 3.63) is 83.4 Å². The summed E-state index contributed by atoms with van der Waals surface area (Å²) in [6, 6.07) is 17.6. The topological polar surface area (TPSA) is 84.2 Å². The minimum atomic E-state index is -0.265. The minimum absolute atomic E-state index is 0.0911. The van der Waals surface area contributed by atoms with Crippen molar-refractivity contribution in [3.63, 3.8) is 0 Å². The second kappa shape index (κ2) is 8.69. The molecule has 0 aliphatic carbocycles. The smallest absolute Gasteiger partial charge is 0.224 e. The number of fused-ring (bicyclic) bond motifs is 1. The van der Waals surface area contributed by atoms with Gasteiger partial charge in [0.1, 0.15) is 11.6 Å². The molecule has 4 rings (SSSR count). The van der Waals surface area contributed by atoms with Gasteiger partial charge in [-0.2, -0.15) is 4.52 Å². The Labute approximate surface area is 173 Å². The molecule has 0 radical (unpaired) electrons. The van der Waals surface area contributed by atoms with Crippen molar-refractivity contribution in [1.82, 2.24) is 19.8 Å². The summed E-state index contributed by atoms with van der Waals surface area (Å²) in [6.45, 7) is 2.46. The zero-order valence-corrected chi connectivity index (χ0v) is 16.5. The van der Waals surface area contributed by atoms with E-state index in [9.17, 15) is 9.18 Å². The first-order valence-corrected chi connectivity index (χ1v) is 9.63. The summed E-state index contributed by atoms with van der Waals surface area (Å²) in [5.74, 6) is 0.887. The van der Waals surface area contributed by atoms with E-state index in [1.165, 1.54) is 12.1 Å². The zero-order chi connectivity index (χ0) is 20.9. The molecule has 7 nitrogen and oxygen atoms in total. The van der Waals surface area contributed by atoms with Gasteiger partial charge in [0.2, 0.25) is 5.91 Å². The van der Waals surface area contributed by atoms with Gasteiger partial charge < -0.3 is 10.6 Å². The average Bonchev–Trinajstić information content (AvgIpc) is 3.16. The summed E-state index contributed by atoms with van der Waals surface area (Å²) in [5.41, 5.74) is 3.36. The van der Waals surface area contributed by atoms with Crippen LogP contribution in [0.2, 0.25) is 0 Å². The molecule has 4 aromatic rings. The van der Waals surface area contributed by atoms with Crippen LogP contribution in [-0.4, -0.2) is 25.7 Å². The Balaban J connectivity index is 1.40. The number of anilines is 2. The van der Waals surface area contributed by atoms with Crippen LogP contribution in [0, 0.1) is 12.7 Å². The monoisotopic (exact) mass is 404 g/mol. The van der Waals surface area contributed by atoms with Gasteiger partial charge in [-0.3, -0.25) is 4.79 Å². The molecule has 2 aromatic heterocycles. The Morgan fingerprint density at radius 3 is 2.63 bits per heavy atom. The molecule has 2 aromatic carbocycles. The Morgan fingerprint density at radius 1 is 1.03 bits per heavy atom. The van der Waals surface area contributed by atoms with Crippen molar-refractivity contribution >= 4 is 23.1 Å². The number of rotatable bonds is 7. The first-order chi connectivity index (χ1) is 14.6. The molecular formula is C22H21FN6O. The molecule has 0 unspecified atom stereocenters. The van der Waals surface area contributed by atoms with E-state index in [0.717, 1.165) is 16.8 Å². The molecular weight excluding hydrogens is 383 g/mol. The van der Waals surface area contributed by atoms with Crippen molar-refractivity contribution in [2.24, 2.45) is 0 Å². The lowest BCUT2D eigenvalue weighted by Gasteiger charge is -2.08. The van der Waals surface area contributed by atoms with Crippen LogP contribution < -0.4 is 10.6 Å². The van der Waals surface area contributed by atoms with E-state index in [1.54, 1.807) is 16.6 Å². The van der Waals surface area contributed by atoms with E-state index in [2.05, 4.69) is 25.9 Å². The molecule has 2 heterocycles. The van der Waals surface area contributed by atoms with Crippen molar-refractivity contribution in [3.8, 4) is 0 Å². The van der Waals surface area contributed by atoms with Gasteiger partial charge in [-0.15, -0.1) is 15.3 Å². The summed E-state index contributed by atoms with van der Waals surface area (Å²) in [5, 5.41) is 18.9. The highest BCUT2D eigenvalue weighted by atomic mass is 19.1. The van der Waals surface area contributed by atoms with Crippen LogP contribution in [-0.2, 0) is 17.8 Å². The van der Waals surface area contributed by atoms with Crippen molar-refractivity contribution in [2.75, 3.05) is 10.6 Å². The lowest BCUT2D eigenvalue weighted by molar-refractivity contribution is -0.116. The van der Waals surface area contributed by atoms with E-state index in [1.807, 2.05) is 43.3 Å². The summed E-state index contributed by atoms with van der Waals surface area (Å²) >= 11 is 0. The number of amides is 1. The summed E-state index contributed by atoms with van der Waals surface area (Å²) < 4.78 is 14.7. The van der Waals surface area contributed by atoms with Crippen LogP contribution in [0.5, 0.6) is 0 Å². The van der Waals surface area contributed by atoms with Gasteiger partial charge in [0.15, 0.2) is 11.5 Å². The van der Waals surface area contributed by atoms with Gasteiger partial charge >= 0.3 is 0 Å². The lowest BCUT2D eigenvalue weighted by Crippen LogP contribution is -2.14. The maximum atomic E-state index is 13.0. The van der Waals surface area contributed by atoms with Crippen molar-refractivity contribution < 1.29 is 9.18 Å². The van der Waals surface area contributed by atoms with Gasteiger partial charge in [0.05, 0.1) is 0 Å². The molecule has 0 saturated carbocycles. The molecule has 0 saturated heterocycles. The fourth-order valence-corrected chi connectivity index (χ4v) is 3.03. The Hall–Kier alpha value is -3.81. The highest BCUT2D eigenvalue weighted by molar-refractivity contribution is 5.91.